The molecule has 0 saturated heterocycles. The number of carbonyl (C=O) groups excluding carboxylic acids is 1. The molecule has 0 aliphatic heterocycles. The van der Waals surface area contributed by atoms with Gasteiger partial charge in [0.2, 0.25) is 5.91 Å². The number of halogens is 3. The molecule has 2 aromatic carbocycles. The largest absolute Gasteiger partial charge is 0.369 e. The lowest BCUT2D eigenvalue weighted by atomic mass is 10.0. The Morgan fingerprint density at radius 2 is 1.75 bits per heavy atom. The number of aromatic nitrogens is 2. The fourth-order valence-corrected chi connectivity index (χ4v) is 4.39. The molecule has 0 fully saturated rings. The fraction of sp³-hybridized carbons (Fsp3) is 0.174. The number of nitrogens with one attached hydrogen (secondary N) is 2. The topological polar surface area (TPSA) is 66.9 Å². The van der Waals surface area contributed by atoms with Crippen molar-refractivity contribution in [2.45, 2.75) is 20.3 Å². The molecular formula is C23H19F3N4OS. The molecule has 0 spiro atoms. The highest BCUT2D eigenvalue weighted by atomic mass is 32.1. The molecule has 9 heteroatoms. The monoisotopic (exact) mass is 456 g/mol. The molecule has 164 valence electrons. The normalized spacial score (nSPS) is 11.0. The van der Waals surface area contributed by atoms with E-state index in [1.54, 1.807) is 11.3 Å². The van der Waals surface area contributed by atoms with E-state index < -0.39 is 29.0 Å². The van der Waals surface area contributed by atoms with Gasteiger partial charge in [-0.05, 0) is 31.5 Å². The van der Waals surface area contributed by atoms with Crippen molar-refractivity contribution < 1.29 is 18.0 Å². The van der Waals surface area contributed by atoms with Gasteiger partial charge in [-0.2, -0.15) is 0 Å². The van der Waals surface area contributed by atoms with Gasteiger partial charge < -0.3 is 10.6 Å². The van der Waals surface area contributed by atoms with Crippen molar-refractivity contribution in [1.82, 2.24) is 9.97 Å². The van der Waals surface area contributed by atoms with E-state index in [0.717, 1.165) is 43.9 Å². The third-order valence-electron chi connectivity index (χ3n) is 4.96. The lowest BCUT2D eigenvalue weighted by molar-refractivity contribution is -0.116. The highest BCUT2D eigenvalue weighted by Crippen LogP contribution is 2.40. The SMILES string of the molecule is Cc1ccc(-c2c(C)sc3ncnc(NCCC(=O)Nc4ccc(F)c(F)c4F)c23)cc1. The minimum Gasteiger partial charge on any atom is -0.369 e. The third kappa shape index (κ3) is 4.29. The Bertz CT molecular complexity index is 1310. The molecule has 5 nitrogen and oxygen atoms in total. The molecule has 0 atom stereocenters. The van der Waals surface area contributed by atoms with E-state index in [1.807, 2.05) is 38.1 Å². The van der Waals surface area contributed by atoms with Crippen molar-refractivity contribution in [1.29, 1.82) is 0 Å². The smallest absolute Gasteiger partial charge is 0.226 e. The molecule has 32 heavy (non-hydrogen) atoms. The van der Waals surface area contributed by atoms with Gasteiger partial charge in [0.1, 0.15) is 17.0 Å². The zero-order chi connectivity index (χ0) is 22.8. The second kappa shape index (κ2) is 8.96. The first-order chi connectivity index (χ1) is 15.3. The van der Waals surface area contributed by atoms with Crippen LogP contribution in [0.3, 0.4) is 0 Å². The summed E-state index contributed by atoms with van der Waals surface area (Å²) in [6.45, 7) is 4.25. The first kappa shape index (κ1) is 21.8. The number of benzene rings is 2. The molecule has 0 aliphatic rings. The van der Waals surface area contributed by atoms with Crippen LogP contribution in [-0.4, -0.2) is 22.4 Å². The van der Waals surface area contributed by atoms with E-state index in [4.69, 9.17) is 0 Å². The highest BCUT2D eigenvalue weighted by molar-refractivity contribution is 7.19. The number of anilines is 2. The Hall–Kier alpha value is -3.46. The standard InChI is InChI=1S/C23H19F3N4OS/c1-12-3-5-14(6-4-12)18-13(2)32-23-19(18)22(28-11-29-23)27-10-9-17(31)30-16-8-7-15(24)20(25)21(16)26/h3-8,11H,9-10H2,1-2H3,(H,30,31)(H,27,28,29). The van der Waals surface area contributed by atoms with E-state index in [2.05, 4.69) is 20.6 Å². The third-order valence-corrected chi connectivity index (χ3v) is 5.97. The van der Waals surface area contributed by atoms with Crippen LogP contribution in [0.1, 0.15) is 16.9 Å². The molecule has 0 saturated carbocycles. The van der Waals surface area contributed by atoms with Gasteiger partial charge in [0.05, 0.1) is 11.1 Å². The van der Waals surface area contributed by atoms with Gasteiger partial charge >= 0.3 is 0 Å². The van der Waals surface area contributed by atoms with Crippen LogP contribution in [0.5, 0.6) is 0 Å². The van der Waals surface area contributed by atoms with E-state index in [-0.39, 0.29) is 13.0 Å². The summed E-state index contributed by atoms with van der Waals surface area (Å²) in [6.07, 6.45) is 1.42. The lowest BCUT2D eigenvalue weighted by Crippen LogP contribution is -2.18. The van der Waals surface area contributed by atoms with E-state index in [9.17, 15) is 18.0 Å². The van der Waals surface area contributed by atoms with E-state index in [0.29, 0.717) is 5.82 Å². The summed E-state index contributed by atoms with van der Waals surface area (Å²) < 4.78 is 40.1. The van der Waals surface area contributed by atoms with Crippen LogP contribution in [0.2, 0.25) is 0 Å². The molecule has 1 amide bonds. The summed E-state index contributed by atoms with van der Waals surface area (Å²) in [7, 11) is 0. The number of nitrogens with zero attached hydrogens (tertiary/aromatic N) is 2. The maximum absolute atomic E-state index is 13.8. The average molecular weight is 456 g/mol. The van der Waals surface area contributed by atoms with Crippen molar-refractivity contribution in [3.63, 3.8) is 0 Å². The van der Waals surface area contributed by atoms with Gasteiger partial charge in [-0.3, -0.25) is 4.79 Å². The summed E-state index contributed by atoms with van der Waals surface area (Å²) in [5.74, 6) is -4.33. The Morgan fingerprint density at radius 3 is 2.50 bits per heavy atom. The van der Waals surface area contributed by atoms with Gasteiger partial charge in [0.25, 0.3) is 0 Å². The molecule has 0 radical (unpaired) electrons. The van der Waals surface area contributed by atoms with E-state index >= 15 is 0 Å². The number of thiophene rings is 1. The highest BCUT2D eigenvalue weighted by Gasteiger charge is 2.18. The van der Waals surface area contributed by atoms with Gasteiger partial charge in [-0.15, -0.1) is 11.3 Å². The molecule has 2 aromatic heterocycles. The summed E-state index contributed by atoms with van der Waals surface area (Å²) in [6, 6.07) is 9.91. The summed E-state index contributed by atoms with van der Waals surface area (Å²) in [5, 5.41) is 6.26. The lowest BCUT2D eigenvalue weighted by Gasteiger charge is -2.10. The van der Waals surface area contributed by atoms with Crippen LogP contribution in [-0.2, 0) is 4.79 Å². The van der Waals surface area contributed by atoms with Crippen molar-refractivity contribution in [2.75, 3.05) is 17.2 Å². The molecular weight excluding hydrogens is 437 g/mol. The van der Waals surface area contributed by atoms with Crippen LogP contribution in [0.4, 0.5) is 24.7 Å². The van der Waals surface area contributed by atoms with Gasteiger partial charge in [0.15, 0.2) is 17.5 Å². The number of carbonyl (C=O) groups is 1. The van der Waals surface area contributed by atoms with Gasteiger partial charge in [-0.25, -0.2) is 23.1 Å². The second-order valence-corrected chi connectivity index (χ2v) is 8.45. The fourth-order valence-electron chi connectivity index (χ4n) is 3.38. The Balaban J connectivity index is 1.51. The van der Waals surface area contributed by atoms with Crippen molar-refractivity contribution in [3.05, 3.63) is 70.6 Å². The number of rotatable bonds is 6. The number of hydrogen-bond acceptors (Lipinski definition) is 5. The Morgan fingerprint density at radius 1 is 1.00 bits per heavy atom. The van der Waals surface area contributed by atoms with Crippen LogP contribution >= 0.6 is 11.3 Å². The minimum absolute atomic E-state index is 0.0348. The molecule has 0 unspecified atom stereocenters. The zero-order valence-electron chi connectivity index (χ0n) is 17.3. The van der Waals surface area contributed by atoms with Crippen molar-refractivity contribution in [2.24, 2.45) is 0 Å². The zero-order valence-corrected chi connectivity index (χ0v) is 18.1. The van der Waals surface area contributed by atoms with Crippen LogP contribution in [0, 0.1) is 31.3 Å². The molecule has 0 aliphatic carbocycles. The second-order valence-electron chi connectivity index (χ2n) is 7.25. The summed E-state index contributed by atoms with van der Waals surface area (Å²) in [5.41, 5.74) is 2.82. The maximum atomic E-state index is 13.8. The summed E-state index contributed by atoms with van der Waals surface area (Å²) >= 11 is 1.56. The molecule has 2 heterocycles. The van der Waals surface area contributed by atoms with Gasteiger partial charge in [-0.1, -0.05) is 29.8 Å². The van der Waals surface area contributed by atoms with E-state index in [1.165, 1.54) is 6.33 Å². The number of fused-ring (bicyclic) bond motifs is 1. The van der Waals surface area contributed by atoms with Crippen LogP contribution in [0.15, 0.2) is 42.7 Å². The average Bonchev–Trinajstić information content (AvgIpc) is 3.11. The van der Waals surface area contributed by atoms with Crippen molar-refractivity contribution >= 4 is 39.0 Å². The molecule has 2 N–H and O–H groups in total. The molecule has 4 rings (SSSR count). The molecule has 4 aromatic rings. The number of hydrogen-bond donors (Lipinski definition) is 2. The maximum Gasteiger partial charge on any atom is 0.226 e. The Labute approximate surface area is 186 Å². The first-order valence-corrected chi connectivity index (χ1v) is 10.6. The Kier molecular flexibility index (Phi) is 6.09. The molecule has 0 bridgehead atoms. The van der Waals surface area contributed by atoms with Crippen LogP contribution in [0.25, 0.3) is 21.3 Å². The predicted molar refractivity (Wildman–Crippen MR) is 120 cm³/mol. The minimum atomic E-state index is -1.62. The predicted octanol–water partition coefficient (Wildman–Crippen LogP) is 5.83. The number of amides is 1. The summed E-state index contributed by atoms with van der Waals surface area (Å²) in [4.78, 5) is 22.8. The van der Waals surface area contributed by atoms with Gasteiger partial charge in [0, 0.05) is 23.4 Å². The van der Waals surface area contributed by atoms with Crippen LogP contribution < -0.4 is 10.6 Å². The first-order valence-electron chi connectivity index (χ1n) is 9.83. The van der Waals surface area contributed by atoms with Crippen molar-refractivity contribution in [3.8, 4) is 11.1 Å². The number of aryl methyl sites for hydroxylation is 2. The quantitative estimate of drug-likeness (QED) is 0.358.